The largest absolute Gasteiger partial charge is 0.366 e. The average molecular weight is 374 g/mol. The van der Waals surface area contributed by atoms with Crippen molar-refractivity contribution in [2.75, 3.05) is 30.4 Å². The number of hydrogen-bond donors (Lipinski definition) is 1. The predicted octanol–water partition coefficient (Wildman–Crippen LogP) is 1.39. The summed E-state index contributed by atoms with van der Waals surface area (Å²) in [7, 11) is -1.17. The van der Waals surface area contributed by atoms with Crippen LogP contribution >= 0.6 is 0 Å². The van der Waals surface area contributed by atoms with E-state index in [0.29, 0.717) is 24.3 Å². The van der Waals surface area contributed by atoms with Gasteiger partial charge in [0.15, 0.2) is 9.84 Å². The molecule has 0 aromatic carbocycles. The number of anilines is 1. The SMILES string of the molecule is CN(CCc1ccncc1)C(=O)c1ccc(NC2CCS(=O)(=O)C2)nc1. The molecule has 0 saturated carbocycles. The summed E-state index contributed by atoms with van der Waals surface area (Å²) in [5, 5.41) is 3.12. The molecule has 0 bridgehead atoms. The lowest BCUT2D eigenvalue weighted by Crippen LogP contribution is -2.29. The van der Waals surface area contributed by atoms with Crippen LogP contribution in [0.15, 0.2) is 42.9 Å². The summed E-state index contributed by atoms with van der Waals surface area (Å²) < 4.78 is 23.0. The topological polar surface area (TPSA) is 92.3 Å². The molecule has 1 N–H and O–H groups in total. The number of nitrogens with zero attached hydrogens (tertiary/aromatic N) is 3. The summed E-state index contributed by atoms with van der Waals surface area (Å²) >= 11 is 0. The Morgan fingerprint density at radius 1 is 1.27 bits per heavy atom. The van der Waals surface area contributed by atoms with Gasteiger partial charge in [0.2, 0.25) is 0 Å². The number of rotatable bonds is 6. The van der Waals surface area contributed by atoms with Crippen LogP contribution in [0, 0.1) is 0 Å². The number of nitrogens with one attached hydrogen (secondary N) is 1. The normalized spacial score (nSPS) is 18.4. The van der Waals surface area contributed by atoms with E-state index in [2.05, 4.69) is 15.3 Å². The van der Waals surface area contributed by atoms with E-state index in [-0.39, 0.29) is 23.5 Å². The van der Waals surface area contributed by atoms with Crippen molar-refractivity contribution in [2.24, 2.45) is 0 Å². The third-order valence-corrected chi connectivity index (χ3v) is 6.19. The number of sulfone groups is 1. The summed E-state index contributed by atoms with van der Waals surface area (Å²) in [5.41, 5.74) is 1.63. The third-order valence-electron chi connectivity index (χ3n) is 4.43. The van der Waals surface area contributed by atoms with Crippen LogP contribution in [0.1, 0.15) is 22.3 Å². The van der Waals surface area contributed by atoms with Gasteiger partial charge in [-0.2, -0.15) is 0 Å². The minimum absolute atomic E-state index is 0.0958. The number of likely N-dealkylation sites (N-methyl/N-ethyl adjacent to an activating group) is 1. The molecule has 1 unspecified atom stereocenters. The van der Waals surface area contributed by atoms with Crippen LogP contribution in [0.5, 0.6) is 0 Å². The van der Waals surface area contributed by atoms with Gasteiger partial charge in [0, 0.05) is 38.2 Å². The van der Waals surface area contributed by atoms with E-state index in [9.17, 15) is 13.2 Å². The fraction of sp³-hybridized carbons (Fsp3) is 0.389. The molecule has 1 aliphatic heterocycles. The molecule has 0 aliphatic carbocycles. The molecule has 138 valence electrons. The molecule has 2 aromatic rings. The van der Waals surface area contributed by atoms with E-state index in [4.69, 9.17) is 0 Å². The van der Waals surface area contributed by atoms with Gasteiger partial charge in [-0.05, 0) is 42.7 Å². The van der Waals surface area contributed by atoms with Gasteiger partial charge < -0.3 is 10.2 Å². The zero-order valence-electron chi connectivity index (χ0n) is 14.6. The minimum atomic E-state index is -2.93. The Balaban J connectivity index is 1.54. The van der Waals surface area contributed by atoms with E-state index >= 15 is 0 Å². The second kappa shape index (κ2) is 7.82. The molecular weight excluding hydrogens is 352 g/mol. The van der Waals surface area contributed by atoms with E-state index in [1.54, 1.807) is 36.5 Å². The monoisotopic (exact) mass is 374 g/mol. The van der Waals surface area contributed by atoms with Gasteiger partial charge in [0.25, 0.3) is 5.91 Å². The number of aromatic nitrogens is 2. The van der Waals surface area contributed by atoms with Crippen molar-refractivity contribution < 1.29 is 13.2 Å². The van der Waals surface area contributed by atoms with Crippen LogP contribution in [0.4, 0.5) is 5.82 Å². The molecule has 7 nitrogen and oxygen atoms in total. The Bertz CT molecular complexity index is 854. The van der Waals surface area contributed by atoms with Crippen molar-refractivity contribution in [1.82, 2.24) is 14.9 Å². The highest BCUT2D eigenvalue weighted by molar-refractivity contribution is 7.91. The summed E-state index contributed by atoms with van der Waals surface area (Å²) in [6, 6.07) is 7.18. The van der Waals surface area contributed by atoms with Crippen molar-refractivity contribution in [3.05, 3.63) is 54.0 Å². The molecule has 0 spiro atoms. The third kappa shape index (κ3) is 4.78. The first kappa shape index (κ1) is 18.3. The van der Waals surface area contributed by atoms with Gasteiger partial charge in [-0.25, -0.2) is 13.4 Å². The zero-order chi connectivity index (χ0) is 18.6. The molecule has 1 saturated heterocycles. The highest BCUT2D eigenvalue weighted by Crippen LogP contribution is 2.16. The summed E-state index contributed by atoms with van der Waals surface area (Å²) in [4.78, 5) is 22.4. The number of carbonyl (C=O) groups excluding carboxylic acids is 1. The number of amides is 1. The van der Waals surface area contributed by atoms with Crippen LogP contribution in [0.2, 0.25) is 0 Å². The van der Waals surface area contributed by atoms with Crippen LogP contribution < -0.4 is 5.32 Å². The standard InChI is InChI=1S/C18H22N4O3S/c1-22(10-6-14-4-8-19-9-5-14)18(23)15-2-3-17(20-12-15)21-16-7-11-26(24,25)13-16/h2-5,8-9,12,16H,6-7,10-11,13H2,1H3,(H,20,21). The molecular formula is C18H22N4O3S. The van der Waals surface area contributed by atoms with E-state index in [1.807, 2.05) is 12.1 Å². The minimum Gasteiger partial charge on any atom is -0.366 e. The molecule has 26 heavy (non-hydrogen) atoms. The highest BCUT2D eigenvalue weighted by atomic mass is 32.2. The fourth-order valence-electron chi connectivity index (χ4n) is 2.89. The fourth-order valence-corrected chi connectivity index (χ4v) is 4.57. The van der Waals surface area contributed by atoms with Gasteiger partial charge >= 0.3 is 0 Å². The second-order valence-electron chi connectivity index (χ2n) is 6.51. The maximum absolute atomic E-state index is 12.5. The Hall–Kier alpha value is -2.48. The zero-order valence-corrected chi connectivity index (χ0v) is 15.4. The van der Waals surface area contributed by atoms with Gasteiger partial charge in [0.1, 0.15) is 5.82 Å². The lowest BCUT2D eigenvalue weighted by Gasteiger charge is -2.17. The Morgan fingerprint density at radius 3 is 2.65 bits per heavy atom. The van der Waals surface area contributed by atoms with E-state index in [0.717, 1.165) is 12.0 Å². The Labute approximate surface area is 153 Å². The first-order chi connectivity index (χ1) is 12.4. The summed E-state index contributed by atoms with van der Waals surface area (Å²) in [5.74, 6) is 0.834. The van der Waals surface area contributed by atoms with Gasteiger partial charge in [-0.3, -0.25) is 9.78 Å². The lowest BCUT2D eigenvalue weighted by molar-refractivity contribution is 0.0796. The van der Waals surface area contributed by atoms with Crippen LogP contribution in [0.25, 0.3) is 0 Å². The number of pyridine rings is 2. The molecule has 3 heterocycles. The van der Waals surface area contributed by atoms with E-state index in [1.165, 1.54) is 6.20 Å². The van der Waals surface area contributed by atoms with Crippen LogP contribution in [-0.4, -0.2) is 60.3 Å². The molecule has 1 aliphatic rings. The van der Waals surface area contributed by atoms with Crippen molar-refractivity contribution in [2.45, 2.75) is 18.9 Å². The molecule has 1 atom stereocenters. The highest BCUT2D eigenvalue weighted by Gasteiger charge is 2.27. The summed E-state index contributed by atoms with van der Waals surface area (Å²) in [6.07, 6.45) is 6.35. The Morgan fingerprint density at radius 2 is 2.04 bits per heavy atom. The van der Waals surface area contributed by atoms with Crippen molar-refractivity contribution >= 4 is 21.6 Å². The lowest BCUT2D eigenvalue weighted by atomic mass is 10.2. The first-order valence-electron chi connectivity index (χ1n) is 8.50. The Kier molecular flexibility index (Phi) is 5.51. The van der Waals surface area contributed by atoms with Gasteiger partial charge in [-0.15, -0.1) is 0 Å². The summed E-state index contributed by atoms with van der Waals surface area (Å²) in [6.45, 7) is 0.600. The second-order valence-corrected chi connectivity index (χ2v) is 8.74. The number of carbonyl (C=O) groups is 1. The quantitative estimate of drug-likeness (QED) is 0.821. The maximum atomic E-state index is 12.5. The molecule has 2 aromatic heterocycles. The smallest absolute Gasteiger partial charge is 0.255 e. The molecule has 0 radical (unpaired) electrons. The predicted molar refractivity (Wildman–Crippen MR) is 99.8 cm³/mol. The molecule has 3 rings (SSSR count). The van der Waals surface area contributed by atoms with Crippen LogP contribution in [-0.2, 0) is 16.3 Å². The average Bonchev–Trinajstić information content (AvgIpc) is 2.99. The molecule has 1 fully saturated rings. The van der Waals surface area contributed by atoms with Crippen molar-refractivity contribution in [1.29, 1.82) is 0 Å². The first-order valence-corrected chi connectivity index (χ1v) is 10.3. The van der Waals surface area contributed by atoms with Crippen molar-refractivity contribution in [3.63, 3.8) is 0 Å². The van der Waals surface area contributed by atoms with Crippen molar-refractivity contribution in [3.8, 4) is 0 Å². The maximum Gasteiger partial charge on any atom is 0.255 e. The number of hydrogen-bond acceptors (Lipinski definition) is 6. The van der Waals surface area contributed by atoms with Gasteiger partial charge in [0.05, 0.1) is 17.1 Å². The molecule has 1 amide bonds. The molecule has 8 heteroatoms. The van der Waals surface area contributed by atoms with Gasteiger partial charge in [-0.1, -0.05) is 0 Å². The van der Waals surface area contributed by atoms with Crippen LogP contribution in [0.3, 0.4) is 0 Å². The van der Waals surface area contributed by atoms with E-state index < -0.39 is 9.84 Å².